The van der Waals surface area contributed by atoms with E-state index in [1.54, 1.807) is 0 Å². The maximum Gasteiger partial charge on any atom is 0.0787 e. The summed E-state index contributed by atoms with van der Waals surface area (Å²) in [6.45, 7) is 0. The first kappa shape index (κ1) is 27.8. The molecule has 0 unspecified atom stereocenters. The van der Waals surface area contributed by atoms with Gasteiger partial charge in [0.25, 0.3) is 0 Å². The van der Waals surface area contributed by atoms with Crippen LogP contribution in [0.5, 0.6) is 0 Å². The summed E-state index contributed by atoms with van der Waals surface area (Å²) >= 11 is 0. The molecule has 11 aromatic rings. The molecule has 3 nitrogen and oxygen atoms in total. The summed E-state index contributed by atoms with van der Waals surface area (Å²) in [4.78, 5) is 4.88. The molecule has 0 radical (unpaired) electrons. The van der Waals surface area contributed by atoms with Crippen molar-refractivity contribution in [2.45, 2.75) is 0 Å². The molecule has 8 aromatic carbocycles. The van der Waals surface area contributed by atoms with Crippen LogP contribution < -0.4 is 0 Å². The van der Waals surface area contributed by atoms with Gasteiger partial charge in [-0.05, 0) is 111 Å². The molecule has 3 aromatic heterocycles. The van der Waals surface area contributed by atoms with Gasteiger partial charge in [-0.15, -0.1) is 0 Å². The molecule has 0 spiro atoms. The van der Waals surface area contributed by atoms with Crippen molar-refractivity contribution in [3.05, 3.63) is 176 Å². The SMILES string of the molecule is c1ccc(-n2c3ccccc3c3cc(-c4ccc5c(c4)c4cc6ccccc6cc4n5-c4cc5c6c(cccc6c4)-c4cccnc4-5)ccc32)cc1. The Morgan fingerprint density at radius 3 is 1.81 bits per heavy atom. The van der Waals surface area contributed by atoms with Gasteiger partial charge in [-0.1, -0.05) is 97.1 Å². The van der Waals surface area contributed by atoms with E-state index in [0.29, 0.717) is 0 Å². The van der Waals surface area contributed by atoms with Gasteiger partial charge < -0.3 is 9.13 Å². The molecule has 0 saturated heterocycles. The molecule has 0 atom stereocenters. The minimum atomic E-state index is 1.06. The van der Waals surface area contributed by atoms with Crippen LogP contribution in [-0.2, 0) is 0 Å². The van der Waals surface area contributed by atoms with E-state index < -0.39 is 0 Å². The molecule has 0 bridgehead atoms. The number of fused-ring (bicyclic) bond motifs is 10. The van der Waals surface area contributed by atoms with Crippen LogP contribution in [0.2, 0.25) is 0 Å². The van der Waals surface area contributed by atoms with Gasteiger partial charge in [0.05, 0.1) is 27.8 Å². The Hall–Kier alpha value is -6.97. The van der Waals surface area contributed by atoms with Crippen LogP contribution in [0.4, 0.5) is 0 Å². The summed E-state index contributed by atoms with van der Waals surface area (Å²) < 4.78 is 4.84. The first-order valence-electron chi connectivity index (χ1n) is 17.9. The van der Waals surface area contributed by atoms with Crippen molar-refractivity contribution < 1.29 is 0 Å². The van der Waals surface area contributed by atoms with Crippen molar-refractivity contribution in [3.63, 3.8) is 0 Å². The molecular weight excluding hydrogens is 631 g/mol. The third-order valence-corrected chi connectivity index (χ3v) is 11.2. The van der Waals surface area contributed by atoms with Gasteiger partial charge >= 0.3 is 0 Å². The zero-order chi connectivity index (χ0) is 33.9. The molecule has 0 aliphatic heterocycles. The summed E-state index contributed by atoms with van der Waals surface area (Å²) in [6.07, 6.45) is 1.91. The lowest BCUT2D eigenvalue weighted by Crippen LogP contribution is -1.95. The largest absolute Gasteiger partial charge is 0.309 e. The quantitative estimate of drug-likeness (QED) is 0.185. The third kappa shape index (κ3) is 3.77. The lowest BCUT2D eigenvalue weighted by atomic mass is 10.00. The number of rotatable bonds is 3. The van der Waals surface area contributed by atoms with Crippen molar-refractivity contribution in [3.8, 4) is 44.9 Å². The fourth-order valence-electron chi connectivity index (χ4n) is 8.96. The molecule has 52 heavy (non-hydrogen) atoms. The highest BCUT2D eigenvalue weighted by Gasteiger charge is 2.24. The standard InChI is InChI=1S/C49H29N3/c1-2-13-35(14-3-1)51-44-18-7-6-15-37(44)40-26-32(19-21-45(40)51)33-20-22-46-41(27-33)42-25-30-10-4-5-11-31(30)28-47(42)52(46)36-24-34-12-8-16-38-39-17-9-23-50-49(39)43(29-36)48(34)38/h1-29H. The number of para-hydroxylation sites is 2. The normalized spacial score (nSPS) is 12.2. The molecule has 3 heterocycles. The fraction of sp³-hybridized carbons (Fsp3) is 0. The van der Waals surface area contributed by atoms with E-state index in [1.807, 2.05) is 12.3 Å². The summed E-state index contributed by atoms with van der Waals surface area (Å²) in [5, 5.41) is 10.0. The van der Waals surface area contributed by atoms with Gasteiger partial charge in [-0.25, -0.2) is 0 Å². The predicted molar refractivity (Wildman–Crippen MR) is 218 cm³/mol. The highest BCUT2D eigenvalue weighted by Crippen LogP contribution is 2.48. The topological polar surface area (TPSA) is 22.8 Å². The molecule has 0 fully saturated rings. The number of pyridine rings is 1. The molecule has 0 saturated carbocycles. The lowest BCUT2D eigenvalue weighted by molar-refractivity contribution is 1.18. The minimum absolute atomic E-state index is 1.06. The van der Waals surface area contributed by atoms with E-state index in [0.717, 1.165) is 11.4 Å². The zero-order valence-electron chi connectivity index (χ0n) is 28.1. The Labute approximate surface area is 299 Å². The molecule has 3 heteroatoms. The molecule has 0 N–H and O–H groups in total. The molecular formula is C49H29N3. The van der Waals surface area contributed by atoms with Crippen LogP contribution in [-0.4, -0.2) is 14.1 Å². The van der Waals surface area contributed by atoms with Gasteiger partial charge in [0, 0.05) is 50.2 Å². The number of nitrogens with zero attached hydrogens (tertiary/aromatic N) is 3. The smallest absolute Gasteiger partial charge is 0.0787 e. The van der Waals surface area contributed by atoms with Crippen LogP contribution in [0.3, 0.4) is 0 Å². The predicted octanol–water partition coefficient (Wildman–Crippen LogP) is 12.9. The second-order valence-corrected chi connectivity index (χ2v) is 14.0. The summed E-state index contributed by atoms with van der Waals surface area (Å²) in [5.41, 5.74) is 14.3. The van der Waals surface area contributed by atoms with Gasteiger partial charge in [0.15, 0.2) is 0 Å². The monoisotopic (exact) mass is 659 g/mol. The maximum absolute atomic E-state index is 4.88. The van der Waals surface area contributed by atoms with Crippen LogP contribution in [0.1, 0.15) is 0 Å². The highest BCUT2D eigenvalue weighted by molar-refractivity contribution is 6.18. The second-order valence-electron chi connectivity index (χ2n) is 14.0. The number of hydrogen-bond acceptors (Lipinski definition) is 1. The fourth-order valence-corrected chi connectivity index (χ4v) is 8.96. The van der Waals surface area contributed by atoms with E-state index in [-0.39, 0.29) is 0 Å². The van der Waals surface area contributed by atoms with E-state index in [9.17, 15) is 0 Å². The molecule has 1 aliphatic carbocycles. The first-order valence-corrected chi connectivity index (χ1v) is 17.9. The first-order chi connectivity index (χ1) is 25.8. The van der Waals surface area contributed by atoms with Crippen LogP contribution in [0.15, 0.2) is 176 Å². The number of benzene rings is 8. The second kappa shape index (κ2) is 10.3. The maximum atomic E-state index is 4.88. The Morgan fingerprint density at radius 1 is 0.346 bits per heavy atom. The highest BCUT2D eigenvalue weighted by atomic mass is 15.0. The van der Waals surface area contributed by atoms with Gasteiger partial charge in [0.1, 0.15) is 0 Å². The van der Waals surface area contributed by atoms with Crippen molar-refractivity contribution >= 4 is 65.2 Å². The number of hydrogen-bond donors (Lipinski definition) is 0. The Bertz CT molecular complexity index is 3290. The Balaban J connectivity index is 1.11. The van der Waals surface area contributed by atoms with E-state index in [2.05, 4.69) is 173 Å². The van der Waals surface area contributed by atoms with Gasteiger partial charge in [-0.2, -0.15) is 0 Å². The van der Waals surface area contributed by atoms with E-state index >= 15 is 0 Å². The van der Waals surface area contributed by atoms with Crippen molar-refractivity contribution in [2.75, 3.05) is 0 Å². The van der Waals surface area contributed by atoms with E-state index in [4.69, 9.17) is 4.98 Å². The summed E-state index contributed by atoms with van der Waals surface area (Å²) in [5.74, 6) is 0. The van der Waals surface area contributed by atoms with Gasteiger partial charge in [-0.3, -0.25) is 4.98 Å². The lowest BCUT2D eigenvalue weighted by Gasteiger charge is -2.12. The average molecular weight is 660 g/mol. The van der Waals surface area contributed by atoms with Crippen LogP contribution >= 0.6 is 0 Å². The molecule has 1 aliphatic rings. The van der Waals surface area contributed by atoms with Gasteiger partial charge in [0.2, 0.25) is 0 Å². The van der Waals surface area contributed by atoms with E-state index in [1.165, 1.54) is 98.7 Å². The minimum Gasteiger partial charge on any atom is -0.309 e. The molecule has 12 rings (SSSR count). The van der Waals surface area contributed by atoms with Crippen LogP contribution in [0, 0.1) is 0 Å². The third-order valence-electron chi connectivity index (χ3n) is 11.2. The summed E-state index contributed by atoms with van der Waals surface area (Å²) in [6, 6.07) is 62.4. The van der Waals surface area contributed by atoms with Crippen LogP contribution in [0.25, 0.3) is 110 Å². The zero-order valence-corrected chi connectivity index (χ0v) is 28.1. The van der Waals surface area contributed by atoms with Crippen molar-refractivity contribution in [1.82, 2.24) is 14.1 Å². The molecule has 0 amide bonds. The average Bonchev–Trinajstić information content (AvgIpc) is 3.83. The Kier molecular flexibility index (Phi) is 5.50. The number of aromatic nitrogens is 3. The van der Waals surface area contributed by atoms with Crippen molar-refractivity contribution in [1.29, 1.82) is 0 Å². The summed E-state index contributed by atoms with van der Waals surface area (Å²) in [7, 11) is 0. The molecule has 240 valence electrons. The van der Waals surface area contributed by atoms with Crippen molar-refractivity contribution in [2.24, 2.45) is 0 Å². The Morgan fingerprint density at radius 2 is 0.981 bits per heavy atom.